The average molecular weight is 419 g/mol. The highest BCUT2D eigenvalue weighted by Gasteiger charge is 2.22. The van der Waals surface area contributed by atoms with Crippen molar-refractivity contribution < 1.29 is 18.3 Å². The second-order valence-corrected chi connectivity index (χ2v) is 8.97. The molecule has 1 heterocycles. The number of carbonyl (C=O) groups is 1. The van der Waals surface area contributed by atoms with Crippen molar-refractivity contribution in [2.45, 2.75) is 48.5 Å². The lowest BCUT2D eigenvalue weighted by molar-refractivity contribution is 0.0697. The van der Waals surface area contributed by atoms with Crippen LogP contribution in [0.2, 0.25) is 5.02 Å². The van der Waals surface area contributed by atoms with E-state index in [1.165, 1.54) is 23.9 Å². The van der Waals surface area contributed by atoms with Gasteiger partial charge >= 0.3 is 5.97 Å². The number of aromatic nitrogens is 4. The van der Waals surface area contributed by atoms with Crippen molar-refractivity contribution in [2.75, 3.05) is 6.26 Å². The van der Waals surface area contributed by atoms with Gasteiger partial charge < -0.3 is 5.11 Å². The van der Waals surface area contributed by atoms with Crippen molar-refractivity contribution in [3.63, 3.8) is 0 Å². The number of rotatable bonds is 9. The number of tetrazole rings is 1. The normalized spacial score (nSPS) is 11.7. The van der Waals surface area contributed by atoms with Crippen molar-refractivity contribution in [3.8, 4) is 0 Å². The Morgan fingerprint density at radius 1 is 1.35 bits per heavy atom. The molecule has 8 nitrogen and oxygen atoms in total. The van der Waals surface area contributed by atoms with Gasteiger partial charge in [-0.05, 0) is 29.0 Å². The van der Waals surface area contributed by atoms with E-state index in [0.29, 0.717) is 11.7 Å². The van der Waals surface area contributed by atoms with Crippen LogP contribution in [-0.4, -0.2) is 46.0 Å². The molecule has 0 aliphatic rings. The molecule has 0 unspecified atom stereocenters. The second-order valence-electron chi connectivity index (χ2n) is 5.66. The van der Waals surface area contributed by atoms with Crippen LogP contribution in [0.4, 0.5) is 0 Å². The number of carboxylic acids is 1. The number of aromatic carboxylic acids is 1. The highest BCUT2D eigenvalue weighted by atomic mass is 35.5. The van der Waals surface area contributed by atoms with E-state index in [1.807, 2.05) is 0 Å². The maximum absolute atomic E-state index is 12.0. The van der Waals surface area contributed by atoms with E-state index in [2.05, 4.69) is 22.4 Å². The van der Waals surface area contributed by atoms with E-state index in [1.54, 1.807) is 4.68 Å². The lowest BCUT2D eigenvalue weighted by Crippen LogP contribution is -2.08. The molecule has 11 heteroatoms. The smallest absolute Gasteiger partial charge is 0.337 e. The molecule has 142 valence electrons. The third-order valence-corrected chi connectivity index (χ3v) is 6.24. The zero-order chi connectivity index (χ0) is 19.3. The fourth-order valence-electron chi connectivity index (χ4n) is 2.34. The largest absolute Gasteiger partial charge is 0.478 e. The molecule has 2 aromatic rings. The second kappa shape index (κ2) is 8.83. The summed E-state index contributed by atoms with van der Waals surface area (Å²) >= 11 is 7.40. The summed E-state index contributed by atoms with van der Waals surface area (Å²) in [6, 6.07) is 2.47. The Bertz CT molecular complexity index is 899. The number of sulfone groups is 1. The van der Waals surface area contributed by atoms with E-state index in [0.717, 1.165) is 25.5 Å². The molecule has 0 saturated heterocycles. The van der Waals surface area contributed by atoms with Gasteiger partial charge in [-0.15, -0.1) is 5.10 Å². The van der Waals surface area contributed by atoms with Crippen LogP contribution in [0.25, 0.3) is 0 Å². The van der Waals surface area contributed by atoms with E-state index in [4.69, 9.17) is 11.6 Å². The first-order valence-corrected chi connectivity index (χ1v) is 11.1. The van der Waals surface area contributed by atoms with Gasteiger partial charge in [-0.2, -0.15) is 0 Å². The van der Waals surface area contributed by atoms with E-state index in [-0.39, 0.29) is 26.8 Å². The summed E-state index contributed by atoms with van der Waals surface area (Å²) in [5.41, 5.74) is 0.0966. The fraction of sp³-hybridized carbons (Fsp3) is 0.467. The standard InChI is InChI=1S/C15H19ClN4O4S2/c1-3-4-5-8-20-15(17-18-19-20)25-9-11-12(26(2,23)24)7-6-10(13(11)16)14(21)22/h6-7H,3-5,8-9H2,1-2H3,(H,21,22). The molecule has 1 N–H and O–H groups in total. The first-order valence-electron chi connectivity index (χ1n) is 7.89. The quantitative estimate of drug-likeness (QED) is 0.488. The van der Waals surface area contributed by atoms with Crippen molar-refractivity contribution in [2.24, 2.45) is 0 Å². The van der Waals surface area contributed by atoms with Gasteiger partial charge in [0.1, 0.15) is 0 Å². The van der Waals surface area contributed by atoms with Crippen molar-refractivity contribution in [1.29, 1.82) is 0 Å². The maximum Gasteiger partial charge on any atom is 0.337 e. The summed E-state index contributed by atoms with van der Waals surface area (Å²) < 4.78 is 25.7. The van der Waals surface area contributed by atoms with Gasteiger partial charge in [-0.3, -0.25) is 0 Å². The number of halogens is 1. The number of benzene rings is 1. The summed E-state index contributed by atoms with van der Waals surface area (Å²) in [6.45, 7) is 2.75. The van der Waals surface area contributed by atoms with Crippen LogP contribution in [0, 0.1) is 0 Å². The van der Waals surface area contributed by atoms with E-state index >= 15 is 0 Å². The van der Waals surface area contributed by atoms with Gasteiger partial charge in [0.15, 0.2) is 9.84 Å². The minimum absolute atomic E-state index is 0.00464. The van der Waals surface area contributed by atoms with Gasteiger partial charge in [-0.1, -0.05) is 43.1 Å². The monoisotopic (exact) mass is 418 g/mol. The van der Waals surface area contributed by atoms with Gasteiger partial charge in [0, 0.05) is 24.1 Å². The molecule has 0 amide bonds. The van der Waals surface area contributed by atoms with Gasteiger partial charge in [0.25, 0.3) is 0 Å². The molecule has 0 atom stereocenters. The summed E-state index contributed by atoms with van der Waals surface area (Å²) in [5, 5.41) is 21.2. The van der Waals surface area contributed by atoms with Crippen LogP contribution in [0.1, 0.15) is 42.1 Å². The summed E-state index contributed by atoms with van der Waals surface area (Å²) in [5.74, 6) is -1.08. The van der Waals surface area contributed by atoms with Crippen molar-refractivity contribution in [1.82, 2.24) is 20.2 Å². The number of hydrogen-bond acceptors (Lipinski definition) is 7. The minimum Gasteiger partial charge on any atom is -0.478 e. The van der Waals surface area contributed by atoms with E-state index < -0.39 is 15.8 Å². The first-order chi connectivity index (χ1) is 12.3. The summed E-state index contributed by atoms with van der Waals surface area (Å²) in [6.07, 6.45) is 4.11. The molecule has 0 spiro atoms. The SMILES string of the molecule is CCCCCn1nnnc1SCc1c(S(C)(=O)=O)ccc(C(=O)O)c1Cl. The topological polar surface area (TPSA) is 115 Å². The average Bonchev–Trinajstić information content (AvgIpc) is 3.00. The zero-order valence-electron chi connectivity index (χ0n) is 14.3. The van der Waals surface area contributed by atoms with Crippen molar-refractivity contribution in [3.05, 3.63) is 28.3 Å². The lowest BCUT2D eigenvalue weighted by Gasteiger charge is -2.12. The third-order valence-electron chi connectivity index (χ3n) is 3.65. The fourth-order valence-corrected chi connectivity index (χ4v) is 4.76. The minimum atomic E-state index is -3.57. The Hall–Kier alpha value is -1.65. The summed E-state index contributed by atoms with van der Waals surface area (Å²) in [7, 11) is -3.57. The van der Waals surface area contributed by atoms with Crippen LogP contribution in [-0.2, 0) is 22.1 Å². The van der Waals surface area contributed by atoms with Crippen LogP contribution in [0.3, 0.4) is 0 Å². The van der Waals surface area contributed by atoms with Crippen molar-refractivity contribution >= 4 is 39.2 Å². The molecule has 0 bridgehead atoms. The highest BCUT2D eigenvalue weighted by Crippen LogP contribution is 2.33. The first kappa shape index (κ1) is 20.7. The van der Waals surface area contributed by atoms with Gasteiger partial charge in [0.05, 0.1) is 15.5 Å². The predicted molar refractivity (Wildman–Crippen MR) is 98.4 cm³/mol. The maximum atomic E-state index is 12.0. The molecule has 1 aromatic heterocycles. The zero-order valence-corrected chi connectivity index (χ0v) is 16.7. The lowest BCUT2D eigenvalue weighted by atomic mass is 10.1. The molecular formula is C15H19ClN4O4S2. The molecular weight excluding hydrogens is 400 g/mol. The number of aryl methyl sites for hydroxylation is 1. The molecule has 0 radical (unpaired) electrons. The summed E-state index contributed by atoms with van der Waals surface area (Å²) in [4.78, 5) is 11.3. The molecule has 2 rings (SSSR count). The van der Waals surface area contributed by atoms with E-state index in [9.17, 15) is 18.3 Å². The molecule has 0 fully saturated rings. The van der Waals surface area contributed by atoms with Gasteiger partial charge in [0.2, 0.25) is 5.16 Å². The molecule has 1 aromatic carbocycles. The Morgan fingerprint density at radius 2 is 2.08 bits per heavy atom. The third kappa shape index (κ3) is 4.95. The van der Waals surface area contributed by atoms with Crippen LogP contribution in [0.5, 0.6) is 0 Å². The number of hydrogen-bond donors (Lipinski definition) is 1. The Labute approximate surface area is 160 Å². The Balaban J connectivity index is 2.30. The molecule has 26 heavy (non-hydrogen) atoms. The molecule has 0 aliphatic carbocycles. The highest BCUT2D eigenvalue weighted by molar-refractivity contribution is 7.98. The molecule has 0 saturated carbocycles. The number of nitrogens with zero attached hydrogens (tertiary/aromatic N) is 4. The molecule has 0 aliphatic heterocycles. The Morgan fingerprint density at radius 3 is 2.69 bits per heavy atom. The van der Waals surface area contributed by atoms with Crippen LogP contribution in [0.15, 0.2) is 22.2 Å². The number of carboxylic acid groups (broad SMARTS) is 1. The number of unbranched alkanes of at least 4 members (excludes halogenated alkanes) is 2. The predicted octanol–water partition coefficient (Wildman–Crippen LogP) is 2.91. The van der Waals surface area contributed by atoms with Crippen LogP contribution >= 0.6 is 23.4 Å². The Kier molecular flexibility index (Phi) is 7.01. The van der Waals surface area contributed by atoms with Gasteiger partial charge in [-0.25, -0.2) is 17.9 Å². The number of thioether (sulfide) groups is 1. The van der Waals surface area contributed by atoms with Crippen LogP contribution < -0.4 is 0 Å².